The Bertz CT molecular complexity index is 297. The maximum atomic E-state index is 11.6. The van der Waals surface area contributed by atoms with Crippen LogP contribution in [0, 0.1) is 17.3 Å². The molecule has 1 aliphatic heterocycles. The molecule has 0 spiro atoms. The zero-order valence-electron chi connectivity index (χ0n) is 10.8. The van der Waals surface area contributed by atoms with Gasteiger partial charge in [-0.3, -0.25) is 10.1 Å². The molecule has 0 radical (unpaired) electrons. The normalized spacial score (nSPS) is 22.6. The molecule has 1 aliphatic rings. The van der Waals surface area contributed by atoms with Crippen LogP contribution in [-0.2, 0) is 4.79 Å². The highest BCUT2D eigenvalue weighted by atomic mass is 16.2. The van der Waals surface area contributed by atoms with Crippen LogP contribution in [0.15, 0.2) is 0 Å². The molecule has 16 heavy (non-hydrogen) atoms. The van der Waals surface area contributed by atoms with Crippen molar-refractivity contribution in [3.63, 3.8) is 0 Å². The van der Waals surface area contributed by atoms with Crippen molar-refractivity contribution >= 4 is 11.9 Å². The number of rotatable bonds is 3. The molecular formula is C12H22N2O2. The van der Waals surface area contributed by atoms with Crippen LogP contribution >= 0.6 is 0 Å². The fourth-order valence-electron chi connectivity index (χ4n) is 1.61. The molecule has 1 rings (SSSR count). The van der Waals surface area contributed by atoms with Gasteiger partial charge in [0.2, 0.25) is 5.91 Å². The van der Waals surface area contributed by atoms with Gasteiger partial charge in [-0.1, -0.05) is 34.6 Å². The van der Waals surface area contributed by atoms with Crippen LogP contribution in [0.5, 0.6) is 0 Å². The SMILES string of the molecule is CC1CN(CC(C)(C)C(C)C)C(=O)NC1=O. The summed E-state index contributed by atoms with van der Waals surface area (Å²) in [5, 5.41) is 2.39. The van der Waals surface area contributed by atoms with E-state index >= 15 is 0 Å². The molecule has 4 nitrogen and oxygen atoms in total. The predicted octanol–water partition coefficient (Wildman–Crippen LogP) is 1.86. The lowest BCUT2D eigenvalue weighted by Crippen LogP contribution is -2.56. The number of nitrogens with zero attached hydrogens (tertiary/aromatic N) is 1. The highest BCUT2D eigenvalue weighted by molar-refractivity contribution is 5.97. The van der Waals surface area contributed by atoms with Gasteiger partial charge in [0.1, 0.15) is 0 Å². The van der Waals surface area contributed by atoms with E-state index in [2.05, 4.69) is 33.0 Å². The fraction of sp³-hybridized carbons (Fsp3) is 0.833. The number of hydrogen-bond acceptors (Lipinski definition) is 2. The fourth-order valence-corrected chi connectivity index (χ4v) is 1.61. The summed E-state index contributed by atoms with van der Waals surface area (Å²) in [4.78, 5) is 24.7. The first kappa shape index (κ1) is 13.0. The molecule has 0 aliphatic carbocycles. The molecule has 1 heterocycles. The zero-order valence-corrected chi connectivity index (χ0v) is 10.8. The van der Waals surface area contributed by atoms with Gasteiger partial charge in [0.15, 0.2) is 0 Å². The van der Waals surface area contributed by atoms with E-state index in [1.165, 1.54) is 0 Å². The average Bonchev–Trinajstić information content (AvgIpc) is 2.13. The molecule has 1 fully saturated rings. The lowest BCUT2D eigenvalue weighted by atomic mass is 9.80. The van der Waals surface area contributed by atoms with E-state index < -0.39 is 0 Å². The lowest BCUT2D eigenvalue weighted by molar-refractivity contribution is -0.125. The van der Waals surface area contributed by atoms with Gasteiger partial charge in [0.25, 0.3) is 0 Å². The number of carbonyl (C=O) groups excluding carboxylic acids is 2. The summed E-state index contributed by atoms with van der Waals surface area (Å²) < 4.78 is 0. The molecule has 92 valence electrons. The molecule has 0 aromatic rings. The van der Waals surface area contributed by atoms with Crippen LogP contribution in [0.4, 0.5) is 4.79 Å². The van der Waals surface area contributed by atoms with E-state index in [-0.39, 0.29) is 23.3 Å². The van der Waals surface area contributed by atoms with Crippen LogP contribution in [0.2, 0.25) is 0 Å². The van der Waals surface area contributed by atoms with E-state index in [9.17, 15) is 9.59 Å². The number of urea groups is 1. The molecule has 1 N–H and O–H groups in total. The van der Waals surface area contributed by atoms with Gasteiger partial charge < -0.3 is 4.90 Å². The standard InChI is InChI=1S/C12H22N2O2/c1-8(2)12(4,5)7-14-6-9(3)10(15)13-11(14)16/h8-9H,6-7H2,1-5H3,(H,13,15,16). The maximum Gasteiger partial charge on any atom is 0.324 e. The summed E-state index contributed by atoms with van der Waals surface area (Å²) in [5.41, 5.74) is 0.0669. The van der Waals surface area contributed by atoms with Gasteiger partial charge in [-0.2, -0.15) is 0 Å². The van der Waals surface area contributed by atoms with Crippen LogP contribution in [0.25, 0.3) is 0 Å². The first-order chi connectivity index (χ1) is 7.24. The number of hydrogen-bond donors (Lipinski definition) is 1. The second-order valence-corrected chi connectivity index (χ2v) is 5.72. The summed E-state index contributed by atoms with van der Waals surface area (Å²) in [6, 6.07) is -0.253. The smallest absolute Gasteiger partial charge is 0.323 e. The zero-order chi connectivity index (χ0) is 12.5. The second-order valence-electron chi connectivity index (χ2n) is 5.72. The summed E-state index contributed by atoms with van der Waals surface area (Å²) >= 11 is 0. The Hall–Kier alpha value is -1.06. The summed E-state index contributed by atoms with van der Waals surface area (Å²) in [5.74, 6) is 0.220. The minimum atomic E-state index is -0.253. The van der Waals surface area contributed by atoms with Crippen LogP contribution < -0.4 is 5.32 Å². The Kier molecular flexibility index (Phi) is 3.61. The van der Waals surface area contributed by atoms with Crippen molar-refractivity contribution in [1.82, 2.24) is 10.2 Å². The topological polar surface area (TPSA) is 49.4 Å². The van der Waals surface area contributed by atoms with Crippen LogP contribution in [0.3, 0.4) is 0 Å². The van der Waals surface area contributed by atoms with Gasteiger partial charge in [0, 0.05) is 13.1 Å². The Morgan fingerprint density at radius 1 is 1.44 bits per heavy atom. The Morgan fingerprint density at radius 3 is 2.50 bits per heavy atom. The van der Waals surface area contributed by atoms with E-state index in [0.717, 1.165) is 0 Å². The van der Waals surface area contributed by atoms with E-state index in [4.69, 9.17) is 0 Å². The van der Waals surface area contributed by atoms with Crippen LogP contribution in [0.1, 0.15) is 34.6 Å². The van der Waals surface area contributed by atoms with E-state index in [1.807, 2.05) is 6.92 Å². The minimum Gasteiger partial charge on any atom is -0.323 e. The number of nitrogens with one attached hydrogen (secondary N) is 1. The molecule has 3 amide bonds. The van der Waals surface area contributed by atoms with Crippen molar-refractivity contribution in [1.29, 1.82) is 0 Å². The number of carbonyl (C=O) groups is 2. The Morgan fingerprint density at radius 2 is 2.00 bits per heavy atom. The minimum absolute atomic E-state index is 0.0669. The average molecular weight is 226 g/mol. The number of imide groups is 1. The largest absolute Gasteiger partial charge is 0.324 e. The predicted molar refractivity (Wildman–Crippen MR) is 62.9 cm³/mol. The van der Waals surface area contributed by atoms with E-state index in [1.54, 1.807) is 4.90 Å². The molecule has 1 saturated heterocycles. The van der Waals surface area contributed by atoms with Gasteiger partial charge in [-0.05, 0) is 11.3 Å². The molecule has 0 saturated carbocycles. The summed E-state index contributed by atoms with van der Waals surface area (Å²) in [6.07, 6.45) is 0. The molecule has 0 aromatic carbocycles. The van der Waals surface area contributed by atoms with E-state index in [0.29, 0.717) is 19.0 Å². The molecule has 4 heteroatoms. The molecule has 1 unspecified atom stereocenters. The van der Waals surface area contributed by atoms with Gasteiger partial charge in [-0.25, -0.2) is 4.79 Å². The van der Waals surface area contributed by atoms with Crippen molar-refractivity contribution in [2.45, 2.75) is 34.6 Å². The third-order valence-corrected chi connectivity index (χ3v) is 3.62. The van der Waals surface area contributed by atoms with Gasteiger partial charge in [-0.15, -0.1) is 0 Å². The third kappa shape index (κ3) is 2.74. The summed E-state index contributed by atoms with van der Waals surface area (Å²) in [7, 11) is 0. The highest BCUT2D eigenvalue weighted by Gasteiger charge is 2.33. The van der Waals surface area contributed by atoms with Gasteiger partial charge in [0.05, 0.1) is 5.92 Å². The second kappa shape index (κ2) is 4.44. The Balaban J connectivity index is 2.68. The van der Waals surface area contributed by atoms with Crippen molar-refractivity contribution in [2.75, 3.05) is 13.1 Å². The summed E-state index contributed by atoms with van der Waals surface area (Å²) in [6.45, 7) is 11.6. The van der Waals surface area contributed by atoms with Gasteiger partial charge >= 0.3 is 6.03 Å². The lowest BCUT2D eigenvalue weighted by Gasteiger charge is -2.38. The van der Waals surface area contributed by atoms with Crippen LogP contribution in [-0.4, -0.2) is 29.9 Å². The Labute approximate surface area is 97.4 Å². The monoisotopic (exact) mass is 226 g/mol. The molecule has 0 aromatic heterocycles. The third-order valence-electron chi connectivity index (χ3n) is 3.62. The van der Waals surface area contributed by atoms with Crippen molar-refractivity contribution in [2.24, 2.45) is 17.3 Å². The van der Waals surface area contributed by atoms with Crippen molar-refractivity contribution in [3.05, 3.63) is 0 Å². The molecule has 1 atom stereocenters. The highest BCUT2D eigenvalue weighted by Crippen LogP contribution is 2.28. The van der Waals surface area contributed by atoms with Crippen molar-refractivity contribution < 1.29 is 9.59 Å². The maximum absolute atomic E-state index is 11.6. The first-order valence-electron chi connectivity index (χ1n) is 5.84. The molecular weight excluding hydrogens is 204 g/mol. The van der Waals surface area contributed by atoms with Crippen molar-refractivity contribution in [3.8, 4) is 0 Å². The first-order valence-corrected chi connectivity index (χ1v) is 5.84. The quantitative estimate of drug-likeness (QED) is 0.798. The molecule has 0 bridgehead atoms. The number of amides is 3.